The van der Waals surface area contributed by atoms with Gasteiger partial charge in [-0.25, -0.2) is 9.78 Å². The Morgan fingerprint density at radius 3 is 2.04 bits per heavy atom. The Morgan fingerprint density at radius 1 is 0.844 bits per heavy atom. The van der Waals surface area contributed by atoms with Crippen LogP contribution in [0.1, 0.15) is 40.2 Å². The quantitative estimate of drug-likeness (QED) is 0.107. The number of benzene rings is 4. The van der Waals surface area contributed by atoms with Crippen LogP contribution in [-0.2, 0) is 18.6 Å². The number of nitrogens with zero attached hydrogens (tertiary/aromatic N) is 3. The molecule has 7 rings (SSSR count). The van der Waals surface area contributed by atoms with Crippen LogP contribution >= 0.6 is 21.2 Å². The van der Waals surface area contributed by atoms with Crippen LogP contribution in [0.15, 0.2) is 106 Å². The second kappa shape index (κ2) is 16.9. The molecule has 0 aliphatic carbocycles. The topological polar surface area (TPSA) is 51.3 Å². The number of rotatable bonds is 6. The maximum Gasteiger partial charge on any atom is 1.00 e. The van der Waals surface area contributed by atoms with Gasteiger partial charge in [0.2, 0.25) is 0 Å². The molecule has 0 N–H and O–H groups in total. The van der Waals surface area contributed by atoms with E-state index in [0.717, 1.165) is 40.8 Å². The van der Waals surface area contributed by atoms with Crippen LogP contribution in [0.4, 0.5) is 5.69 Å². The van der Waals surface area contributed by atoms with E-state index in [9.17, 15) is 4.79 Å². The number of thiazole rings is 1. The Bertz CT molecular complexity index is 2000. The van der Waals surface area contributed by atoms with Crippen molar-refractivity contribution in [3.8, 4) is 10.6 Å². The van der Waals surface area contributed by atoms with E-state index in [2.05, 4.69) is 96.7 Å². The van der Waals surface area contributed by atoms with Crippen molar-refractivity contribution in [2.45, 2.75) is 40.2 Å². The number of aromatic nitrogens is 2. The summed E-state index contributed by atoms with van der Waals surface area (Å²) in [6, 6.07) is 33.7. The van der Waals surface area contributed by atoms with E-state index in [1.165, 1.54) is 33.1 Å². The molecular weight excluding hydrogens is 659 g/mol. The summed E-state index contributed by atoms with van der Waals surface area (Å²) in [5.74, 6) is 0. The molecule has 225 valence electrons. The SMILES string of the molecule is CCC(C)n1c2ccccc2c2ccccc21.CCN(CC)c1ccc2cc(-c3nc4ccccc4s3)c(=O)oc2c1.[K+].[PH2-].[V]. The van der Waals surface area contributed by atoms with E-state index in [-0.39, 0.29) is 85.5 Å². The van der Waals surface area contributed by atoms with Crippen LogP contribution in [0.5, 0.6) is 0 Å². The summed E-state index contributed by atoms with van der Waals surface area (Å²) < 4.78 is 9.13. The van der Waals surface area contributed by atoms with Crippen LogP contribution < -0.4 is 61.9 Å². The Hall–Kier alpha value is -1.77. The van der Waals surface area contributed by atoms with Gasteiger partial charge in [0.15, 0.2) is 0 Å². The monoisotopic (exact) mass is 696 g/mol. The standard InChI is InChI=1S/C20H18N2O2S.C16H17N.K.H2P.V/c1-3-22(4-2)14-10-9-13-11-15(20(23)24-17(13)12-14)19-21-16-7-5-6-8-18(16)25-19;1-3-12(2)17-15-10-6-4-8-13(15)14-9-5-7-11-16(14)17;;;/h5-12H,3-4H2,1-2H3;4-12H,3H2,1-2H3;;1H2;/q;;+1;-1;. The van der Waals surface area contributed by atoms with Crippen molar-refractivity contribution in [1.82, 2.24) is 9.55 Å². The average Bonchev–Trinajstić information content (AvgIpc) is 3.61. The van der Waals surface area contributed by atoms with E-state index < -0.39 is 0 Å². The Kier molecular flexibility index (Phi) is 14.1. The van der Waals surface area contributed by atoms with Gasteiger partial charge in [0.25, 0.3) is 0 Å². The van der Waals surface area contributed by atoms with Gasteiger partial charge in [0, 0.05) is 76.6 Å². The number of anilines is 1. The number of para-hydroxylation sites is 3. The summed E-state index contributed by atoms with van der Waals surface area (Å²) in [5, 5.41) is 4.33. The third kappa shape index (κ3) is 7.70. The summed E-state index contributed by atoms with van der Waals surface area (Å²) in [4.78, 5) is 19.3. The van der Waals surface area contributed by atoms with E-state index >= 15 is 0 Å². The fraction of sp³-hybridized carbons (Fsp3) is 0.222. The van der Waals surface area contributed by atoms with Crippen molar-refractivity contribution in [2.75, 3.05) is 18.0 Å². The van der Waals surface area contributed by atoms with Gasteiger partial charge in [-0.15, -0.1) is 11.3 Å². The average molecular weight is 697 g/mol. The largest absolute Gasteiger partial charge is 1.00 e. The first-order chi connectivity index (χ1) is 20.5. The van der Waals surface area contributed by atoms with Gasteiger partial charge in [-0.1, -0.05) is 55.5 Å². The van der Waals surface area contributed by atoms with Crippen molar-refractivity contribution in [1.29, 1.82) is 0 Å². The predicted octanol–water partition coefficient (Wildman–Crippen LogP) is 7.01. The Labute approximate surface area is 326 Å². The number of hydrogen-bond acceptors (Lipinski definition) is 5. The van der Waals surface area contributed by atoms with E-state index in [1.807, 2.05) is 42.5 Å². The Morgan fingerprint density at radius 2 is 1.44 bits per heavy atom. The molecule has 5 nitrogen and oxygen atoms in total. The van der Waals surface area contributed by atoms with Crippen LogP contribution in [0.2, 0.25) is 0 Å². The fourth-order valence-electron chi connectivity index (χ4n) is 5.63. The van der Waals surface area contributed by atoms with Crippen molar-refractivity contribution in [3.05, 3.63) is 107 Å². The summed E-state index contributed by atoms with van der Waals surface area (Å²) in [6.07, 6.45) is 1.16. The second-order valence-corrected chi connectivity index (χ2v) is 11.5. The molecule has 1 atom stereocenters. The maximum absolute atomic E-state index is 12.5. The molecule has 45 heavy (non-hydrogen) atoms. The summed E-state index contributed by atoms with van der Waals surface area (Å²) in [7, 11) is 0. The summed E-state index contributed by atoms with van der Waals surface area (Å²) in [6.45, 7) is 10.6. The molecule has 3 heterocycles. The maximum atomic E-state index is 12.5. The molecule has 0 bridgehead atoms. The van der Waals surface area contributed by atoms with E-state index in [4.69, 9.17) is 4.42 Å². The molecule has 7 aromatic rings. The molecule has 0 saturated heterocycles. The fourth-order valence-corrected chi connectivity index (χ4v) is 6.60. The molecule has 4 aromatic carbocycles. The van der Waals surface area contributed by atoms with E-state index in [1.54, 1.807) is 0 Å². The van der Waals surface area contributed by atoms with Crippen molar-refractivity contribution >= 4 is 69.9 Å². The normalized spacial score (nSPS) is 11.3. The van der Waals surface area contributed by atoms with Gasteiger partial charge in [0.1, 0.15) is 10.6 Å². The van der Waals surface area contributed by atoms with Gasteiger partial charge in [-0.3, -0.25) is 0 Å². The molecule has 0 spiro atoms. The molecule has 1 unspecified atom stereocenters. The Balaban J connectivity index is 0.000000244. The summed E-state index contributed by atoms with van der Waals surface area (Å²) in [5.41, 5.74) is 5.45. The van der Waals surface area contributed by atoms with Crippen molar-refractivity contribution < 1.29 is 74.4 Å². The first-order valence-electron chi connectivity index (χ1n) is 14.7. The second-order valence-electron chi connectivity index (χ2n) is 10.5. The smallest absolute Gasteiger partial charge is 0.577 e. The molecule has 0 aliphatic rings. The molecule has 0 aliphatic heterocycles. The van der Waals surface area contributed by atoms with Gasteiger partial charge in [-0.2, -0.15) is 0 Å². The van der Waals surface area contributed by atoms with E-state index in [0.29, 0.717) is 22.2 Å². The molecule has 0 saturated carbocycles. The van der Waals surface area contributed by atoms with Crippen LogP contribution in [0.25, 0.3) is 53.6 Å². The van der Waals surface area contributed by atoms with Gasteiger partial charge >= 0.3 is 57.0 Å². The van der Waals surface area contributed by atoms with Crippen LogP contribution in [0.3, 0.4) is 0 Å². The minimum atomic E-state index is -0.344. The minimum absolute atomic E-state index is 0. The van der Waals surface area contributed by atoms with Crippen molar-refractivity contribution in [3.63, 3.8) is 0 Å². The number of fused-ring (bicyclic) bond motifs is 5. The predicted molar refractivity (Wildman–Crippen MR) is 189 cm³/mol. The van der Waals surface area contributed by atoms with Gasteiger partial charge in [-0.05, 0) is 69.7 Å². The molecule has 3 aromatic heterocycles. The third-order valence-electron chi connectivity index (χ3n) is 8.02. The molecule has 0 amide bonds. The zero-order chi connectivity index (χ0) is 29.2. The first-order valence-corrected chi connectivity index (χ1v) is 15.5. The molecule has 0 fully saturated rings. The third-order valence-corrected chi connectivity index (χ3v) is 9.09. The molecular formula is C36H37KN3O2PSV. The zero-order valence-corrected chi connectivity index (χ0v) is 33.0. The number of hydrogen-bond donors (Lipinski definition) is 0. The van der Waals surface area contributed by atoms with Crippen LogP contribution in [-0.4, -0.2) is 22.6 Å². The molecule has 9 heteroatoms. The molecule has 1 radical (unpaired) electrons. The van der Waals surface area contributed by atoms with Gasteiger partial charge in [0.05, 0.1) is 15.8 Å². The summed E-state index contributed by atoms with van der Waals surface area (Å²) >= 11 is 1.51. The van der Waals surface area contributed by atoms with Crippen molar-refractivity contribution in [2.24, 2.45) is 0 Å². The minimum Gasteiger partial charge on any atom is -0.577 e. The van der Waals surface area contributed by atoms with Gasteiger partial charge < -0.3 is 23.8 Å². The zero-order valence-electron chi connectivity index (χ0n) is 26.5. The van der Waals surface area contributed by atoms with Crippen LogP contribution in [0, 0.1) is 0 Å². The first kappa shape index (κ1) is 37.7.